The van der Waals surface area contributed by atoms with Crippen molar-refractivity contribution in [2.24, 2.45) is 0 Å². The number of aromatic nitrogens is 3. The summed E-state index contributed by atoms with van der Waals surface area (Å²) in [5, 5.41) is 8.13. The first-order chi connectivity index (χ1) is 19.0. The Balaban J connectivity index is 1.48. The van der Waals surface area contributed by atoms with Crippen molar-refractivity contribution in [3.05, 3.63) is 137 Å². The number of aryl methyl sites for hydroxylation is 2. The number of nitrogens with one attached hydrogen (secondary N) is 1. The molecule has 1 aliphatic heterocycles. The molecule has 1 N–H and O–H groups in total. The summed E-state index contributed by atoms with van der Waals surface area (Å²) in [6.45, 7) is 4.89. The summed E-state index contributed by atoms with van der Waals surface area (Å²) in [6.07, 6.45) is 2.73. The molecule has 6 nitrogen and oxygen atoms in total. The summed E-state index contributed by atoms with van der Waals surface area (Å²) in [4.78, 5) is 15.8. The predicted octanol–water partition coefficient (Wildman–Crippen LogP) is 6.49. The van der Waals surface area contributed by atoms with Gasteiger partial charge in [-0.1, -0.05) is 67.1 Å². The lowest BCUT2D eigenvalue weighted by molar-refractivity contribution is 0.180. The van der Waals surface area contributed by atoms with Crippen molar-refractivity contribution in [1.29, 1.82) is 0 Å². The summed E-state index contributed by atoms with van der Waals surface area (Å²) in [7, 11) is 0. The van der Waals surface area contributed by atoms with Gasteiger partial charge in [0.15, 0.2) is 0 Å². The standard InChI is InChI=1S/C32H30FN5O/c1-3-28-27-21-37(32(39)34-20-23-13-11-22(2)12-14-23)30(24-15-17-25(33)18-16-24)29-10-7-19-36(29)31(27)38(35-28)26-8-5-4-6-9-26/h4-19,30H,3,20-21H2,1-2H3,(H,34,39). The summed E-state index contributed by atoms with van der Waals surface area (Å²) in [6, 6.07) is 28.0. The number of fused-ring (bicyclic) bond motifs is 3. The maximum atomic E-state index is 14.0. The van der Waals surface area contributed by atoms with E-state index in [2.05, 4.69) is 16.8 Å². The van der Waals surface area contributed by atoms with Crippen LogP contribution in [0.4, 0.5) is 9.18 Å². The van der Waals surface area contributed by atoms with Gasteiger partial charge in [0.05, 0.1) is 29.7 Å². The van der Waals surface area contributed by atoms with Gasteiger partial charge >= 0.3 is 6.03 Å². The van der Waals surface area contributed by atoms with E-state index in [-0.39, 0.29) is 11.8 Å². The molecule has 7 heteroatoms. The molecule has 0 saturated heterocycles. The van der Waals surface area contributed by atoms with Gasteiger partial charge < -0.3 is 14.8 Å². The van der Waals surface area contributed by atoms with Crippen LogP contribution in [0.15, 0.2) is 97.2 Å². The average molecular weight is 520 g/mol. The molecule has 0 spiro atoms. The van der Waals surface area contributed by atoms with Crippen LogP contribution < -0.4 is 5.32 Å². The zero-order valence-electron chi connectivity index (χ0n) is 22.0. The molecule has 0 bridgehead atoms. The minimum atomic E-state index is -0.431. The number of nitrogens with zero attached hydrogens (tertiary/aromatic N) is 4. The Morgan fingerprint density at radius 1 is 0.974 bits per heavy atom. The van der Waals surface area contributed by atoms with E-state index in [9.17, 15) is 9.18 Å². The number of carbonyl (C=O) groups is 1. The fraction of sp³-hybridized carbons (Fsp3) is 0.188. The molecule has 6 rings (SSSR count). The second kappa shape index (κ2) is 10.3. The van der Waals surface area contributed by atoms with E-state index in [1.807, 2.05) is 89.4 Å². The van der Waals surface area contributed by atoms with Gasteiger partial charge in [0.1, 0.15) is 11.6 Å². The topological polar surface area (TPSA) is 55.1 Å². The molecule has 1 atom stereocenters. The number of carbonyl (C=O) groups excluding carboxylic acids is 1. The van der Waals surface area contributed by atoms with Gasteiger partial charge in [-0.05, 0) is 60.9 Å². The Morgan fingerprint density at radius 2 is 1.72 bits per heavy atom. The van der Waals surface area contributed by atoms with Crippen molar-refractivity contribution < 1.29 is 9.18 Å². The zero-order chi connectivity index (χ0) is 26.9. The van der Waals surface area contributed by atoms with Crippen molar-refractivity contribution >= 4 is 6.03 Å². The lowest BCUT2D eigenvalue weighted by Gasteiger charge is -2.31. The van der Waals surface area contributed by atoms with Crippen molar-refractivity contribution in [2.75, 3.05) is 0 Å². The Bertz CT molecular complexity index is 1600. The van der Waals surface area contributed by atoms with Crippen LogP contribution in [0.2, 0.25) is 0 Å². The quantitative estimate of drug-likeness (QED) is 0.289. The number of rotatable bonds is 5. The smallest absolute Gasteiger partial charge is 0.318 e. The van der Waals surface area contributed by atoms with Crippen LogP contribution in [0.5, 0.6) is 0 Å². The van der Waals surface area contributed by atoms with Gasteiger partial charge in [0.2, 0.25) is 0 Å². The second-order valence-corrected chi connectivity index (χ2v) is 9.88. The van der Waals surface area contributed by atoms with Crippen molar-refractivity contribution in [2.45, 2.75) is 39.4 Å². The number of benzene rings is 3. The fourth-order valence-corrected chi connectivity index (χ4v) is 5.33. The highest BCUT2D eigenvalue weighted by Gasteiger charge is 2.36. The third kappa shape index (κ3) is 4.61. The molecule has 1 aliphatic rings. The molecule has 3 aromatic carbocycles. The van der Waals surface area contributed by atoms with Crippen LogP contribution in [0, 0.1) is 12.7 Å². The summed E-state index contributed by atoms with van der Waals surface area (Å²) < 4.78 is 18.0. The second-order valence-electron chi connectivity index (χ2n) is 9.88. The van der Waals surface area contributed by atoms with Gasteiger partial charge in [-0.2, -0.15) is 5.10 Å². The maximum Gasteiger partial charge on any atom is 0.318 e. The third-order valence-electron chi connectivity index (χ3n) is 7.31. The minimum absolute atomic E-state index is 0.194. The van der Waals surface area contributed by atoms with E-state index in [1.165, 1.54) is 17.7 Å². The first kappa shape index (κ1) is 24.7. The summed E-state index contributed by atoms with van der Waals surface area (Å²) >= 11 is 0. The van der Waals surface area contributed by atoms with E-state index in [1.54, 1.807) is 12.1 Å². The van der Waals surface area contributed by atoms with E-state index < -0.39 is 6.04 Å². The average Bonchev–Trinajstić information content (AvgIpc) is 3.55. The number of para-hydroxylation sites is 1. The minimum Gasteiger partial charge on any atom is -0.334 e. The number of halogens is 1. The van der Waals surface area contributed by atoms with Gasteiger partial charge in [-0.15, -0.1) is 0 Å². The van der Waals surface area contributed by atoms with E-state index in [4.69, 9.17) is 5.10 Å². The van der Waals surface area contributed by atoms with Crippen molar-refractivity contribution in [1.82, 2.24) is 24.6 Å². The van der Waals surface area contributed by atoms with Crippen LogP contribution in [0.1, 0.15) is 46.6 Å². The highest BCUT2D eigenvalue weighted by atomic mass is 19.1. The first-order valence-corrected chi connectivity index (χ1v) is 13.2. The third-order valence-corrected chi connectivity index (χ3v) is 7.31. The predicted molar refractivity (Wildman–Crippen MR) is 149 cm³/mol. The lowest BCUT2D eigenvalue weighted by Crippen LogP contribution is -2.41. The van der Waals surface area contributed by atoms with Crippen LogP contribution in [0.25, 0.3) is 11.5 Å². The molecule has 2 amide bonds. The van der Waals surface area contributed by atoms with Gasteiger partial charge in [0.25, 0.3) is 0 Å². The van der Waals surface area contributed by atoms with Gasteiger partial charge in [-0.3, -0.25) is 0 Å². The highest BCUT2D eigenvalue weighted by molar-refractivity contribution is 5.76. The molecule has 5 aromatic rings. The monoisotopic (exact) mass is 519 g/mol. The van der Waals surface area contributed by atoms with Crippen LogP contribution in [-0.2, 0) is 19.5 Å². The molecule has 0 saturated carbocycles. The molecular weight excluding hydrogens is 489 g/mol. The molecular formula is C32H30FN5O. The van der Waals surface area contributed by atoms with Crippen LogP contribution >= 0.6 is 0 Å². The molecule has 0 fully saturated rings. The number of urea groups is 1. The summed E-state index contributed by atoms with van der Waals surface area (Å²) in [5.41, 5.74) is 6.82. The molecule has 0 radical (unpaired) electrons. The zero-order valence-corrected chi connectivity index (χ0v) is 22.0. The van der Waals surface area contributed by atoms with E-state index >= 15 is 0 Å². The first-order valence-electron chi connectivity index (χ1n) is 13.2. The molecule has 196 valence electrons. The van der Waals surface area contributed by atoms with Crippen molar-refractivity contribution in [3.8, 4) is 11.5 Å². The number of amides is 2. The normalized spacial score (nSPS) is 14.4. The SMILES string of the molecule is CCc1nn(-c2ccccc2)c2c1CN(C(=O)NCc1ccc(C)cc1)C(c1ccc(F)cc1)c1cccn1-2. The maximum absolute atomic E-state index is 14.0. The molecule has 0 aliphatic carbocycles. The van der Waals surface area contributed by atoms with Gasteiger partial charge in [-0.25, -0.2) is 13.9 Å². The Labute approximate surface area is 227 Å². The molecule has 39 heavy (non-hydrogen) atoms. The van der Waals surface area contributed by atoms with Crippen LogP contribution in [0.3, 0.4) is 0 Å². The molecule has 1 unspecified atom stereocenters. The highest BCUT2D eigenvalue weighted by Crippen LogP contribution is 2.38. The largest absolute Gasteiger partial charge is 0.334 e. The molecule has 2 aromatic heterocycles. The number of hydrogen-bond donors (Lipinski definition) is 1. The Morgan fingerprint density at radius 3 is 2.44 bits per heavy atom. The Hall–Kier alpha value is -4.65. The lowest BCUT2D eigenvalue weighted by atomic mass is 10.0. The van der Waals surface area contributed by atoms with E-state index in [0.29, 0.717) is 13.1 Å². The summed E-state index contributed by atoms with van der Waals surface area (Å²) in [5.74, 6) is 0.605. The number of hydrogen-bond acceptors (Lipinski definition) is 2. The fourth-order valence-electron chi connectivity index (χ4n) is 5.33. The Kier molecular flexibility index (Phi) is 6.49. The van der Waals surface area contributed by atoms with Crippen LogP contribution in [-0.4, -0.2) is 25.3 Å². The molecule has 3 heterocycles. The van der Waals surface area contributed by atoms with E-state index in [0.717, 1.165) is 46.0 Å². The van der Waals surface area contributed by atoms with Gasteiger partial charge in [0, 0.05) is 18.3 Å². The van der Waals surface area contributed by atoms with Crippen molar-refractivity contribution in [3.63, 3.8) is 0 Å².